The largest absolute Gasteiger partial charge is 0.350 e. The van der Waals surface area contributed by atoms with E-state index >= 15 is 0 Å². The number of pyridine rings is 1. The molecule has 2 aromatic heterocycles. The van der Waals surface area contributed by atoms with Crippen LogP contribution in [0.3, 0.4) is 0 Å². The number of nitrogens with one attached hydrogen (secondary N) is 1. The van der Waals surface area contributed by atoms with Crippen molar-refractivity contribution < 1.29 is 4.79 Å². The predicted octanol–water partition coefficient (Wildman–Crippen LogP) is 3.18. The van der Waals surface area contributed by atoms with Crippen LogP contribution >= 0.6 is 0 Å². The van der Waals surface area contributed by atoms with E-state index < -0.39 is 0 Å². The third-order valence-electron chi connectivity index (χ3n) is 6.00. The second-order valence-electron chi connectivity index (χ2n) is 7.93. The van der Waals surface area contributed by atoms with Gasteiger partial charge in [0.25, 0.3) is 0 Å². The van der Waals surface area contributed by atoms with Crippen molar-refractivity contribution in [3.05, 3.63) is 53.3 Å². The quantitative estimate of drug-likeness (QED) is 0.761. The van der Waals surface area contributed by atoms with Crippen LogP contribution in [0.1, 0.15) is 36.2 Å². The zero-order valence-electron chi connectivity index (χ0n) is 16.2. The highest BCUT2D eigenvalue weighted by atomic mass is 16.1. The number of aromatic nitrogens is 3. The Kier molecular flexibility index (Phi) is 4.26. The molecule has 3 heterocycles. The molecule has 5 rings (SSSR count). The van der Waals surface area contributed by atoms with Gasteiger partial charge in [0.15, 0.2) is 0 Å². The normalized spacial score (nSPS) is 16.7. The van der Waals surface area contributed by atoms with Gasteiger partial charge >= 0.3 is 0 Å². The fourth-order valence-corrected chi connectivity index (χ4v) is 4.09. The minimum atomic E-state index is 0.176. The maximum Gasteiger partial charge on any atom is 0.223 e. The van der Waals surface area contributed by atoms with Crippen molar-refractivity contribution >= 4 is 22.6 Å². The summed E-state index contributed by atoms with van der Waals surface area (Å²) < 4.78 is 2.06. The zero-order valence-corrected chi connectivity index (χ0v) is 16.2. The van der Waals surface area contributed by atoms with E-state index in [0.717, 1.165) is 49.5 Å². The molecular formula is C22H25N5O. The summed E-state index contributed by atoms with van der Waals surface area (Å²) in [5, 5.41) is 8.92. The Hall–Kier alpha value is -2.89. The summed E-state index contributed by atoms with van der Waals surface area (Å²) in [5.41, 5.74) is 4.40. The lowest BCUT2D eigenvalue weighted by atomic mass is 9.85. The van der Waals surface area contributed by atoms with Gasteiger partial charge in [0.05, 0.1) is 36.5 Å². The maximum absolute atomic E-state index is 12.1. The van der Waals surface area contributed by atoms with Crippen LogP contribution < -0.4 is 10.2 Å². The molecule has 1 aliphatic heterocycles. The highest BCUT2D eigenvalue weighted by Crippen LogP contribution is 2.27. The molecule has 0 atom stereocenters. The van der Waals surface area contributed by atoms with Crippen molar-refractivity contribution in [1.29, 1.82) is 0 Å². The topological polar surface area (TPSA) is 63.1 Å². The average Bonchev–Trinajstić information content (AvgIpc) is 3.07. The maximum atomic E-state index is 12.1. The Labute approximate surface area is 164 Å². The van der Waals surface area contributed by atoms with Crippen LogP contribution in [0.4, 0.5) is 5.82 Å². The molecule has 3 aromatic rings. The van der Waals surface area contributed by atoms with Gasteiger partial charge in [-0.15, -0.1) is 0 Å². The summed E-state index contributed by atoms with van der Waals surface area (Å²) in [5.74, 6) is 1.41. The molecule has 0 unspecified atom stereocenters. The van der Waals surface area contributed by atoms with Crippen molar-refractivity contribution in [3.63, 3.8) is 0 Å². The molecule has 0 spiro atoms. The fourth-order valence-electron chi connectivity index (χ4n) is 4.09. The first-order valence-corrected chi connectivity index (χ1v) is 10.1. The minimum Gasteiger partial charge on any atom is -0.350 e. The molecule has 1 fully saturated rings. The molecule has 1 aromatic carbocycles. The number of anilines is 1. The number of hydrogen-bond donors (Lipinski definition) is 1. The van der Waals surface area contributed by atoms with Gasteiger partial charge in [-0.1, -0.05) is 24.6 Å². The lowest BCUT2D eigenvalue weighted by Crippen LogP contribution is -2.34. The zero-order chi connectivity index (χ0) is 19.1. The monoisotopic (exact) mass is 375 g/mol. The molecule has 144 valence electrons. The number of nitrogens with zero attached hydrogens (tertiary/aromatic N) is 4. The van der Waals surface area contributed by atoms with Gasteiger partial charge < -0.3 is 10.2 Å². The van der Waals surface area contributed by atoms with E-state index in [1.165, 1.54) is 23.1 Å². The molecule has 28 heavy (non-hydrogen) atoms. The molecule has 1 aliphatic carbocycles. The molecule has 0 bridgehead atoms. The number of benzene rings is 1. The number of aryl methyl sites for hydroxylation is 1. The van der Waals surface area contributed by atoms with Gasteiger partial charge in [-0.3, -0.25) is 9.48 Å². The predicted molar refractivity (Wildman–Crippen MR) is 109 cm³/mol. The van der Waals surface area contributed by atoms with Gasteiger partial charge in [-0.05, 0) is 43.5 Å². The lowest BCUT2D eigenvalue weighted by molar-refractivity contribution is -0.127. The van der Waals surface area contributed by atoms with Crippen LogP contribution in [0.15, 0.2) is 36.4 Å². The van der Waals surface area contributed by atoms with Gasteiger partial charge in [-0.2, -0.15) is 5.10 Å². The summed E-state index contributed by atoms with van der Waals surface area (Å²) >= 11 is 0. The van der Waals surface area contributed by atoms with Crippen LogP contribution in [0.5, 0.6) is 0 Å². The van der Waals surface area contributed by atoms with Crippen LogP contribution in [-0.4, -0.2) is 27.2 Å². The molecule has 1 saturated carbocycles. The van der Waals surface area contributed by atoms with Crippen molar-refractivity contribution in [2.24, 2.45) is 5.92 Å². The fraction of sp³-hybridized carbons (Fsp3) is 0.409. The van der Waals surface area contributed by atoms with E-state index in [4.69, 9.17) is 4.98 Å². The van der Waals surface area contributed by atoms with Crippen LogP contribution in [0.2, 0.25) is 0 Å². The molecule has 1 amide bonds. The van der Waals surface area contributed by atoms with Crippen molar-refractivity contribution in [1.82, 2.24) is 20.1 Å². The Morgan fingerprint density at radius 2 is 2.07 bits per heavy atom. The summed E-state index contributed by atoms with van der Waals surface area (Å²) in [4.78, 5) is 19.2. The van der Waals surface area contributed by atoms with Gasteiger partial charge in [0.2, 0.25) is 5.91 Å². The summed E-state index contributed by atoms with van der Waals surface area (Å²) in [6, 6.07) is 12.6. The number of carbonyl (C=O) groups is 1. The molecular weight excluding hydrogens is 350 g/mol. The van der Waals surface area contributed by atoms with E-state index in [9.17, 15) is 4.79 Å². The number of fused-ring (bicyclic) bond motifs is 2. The molecule has 0 radical (unpaired) electrons. The van der Waals surface area contributed by atoms with Crippen LogP contribution in [0, 0.1) is 12.8 Å². The van der Waals surface area contributed by atoms with Gasteiger partial charge in [0.1, 0.15) is 5.82 Å². The van der Waals surface area contributed by atoms with E-state index in [2.05, 4.69) is 57.3 Å². The summed E-state index contributed by atoms with van der Waals surface area (Å²) in [6.07, 6.45) is 3.23. The standard InChI is InChI=1S/C22H25N5O/c1-15-11-21(24-20-8-3-2-7-19(15)20)26-9-10-27-18(14-26)12-17(25-27)13-23-22(28)16-5-4-6-16/h2-3,7-8,11-12,16H,4-6,9-10,13-14H2,1H3,(H,23,28). The third kappa shape index (κ3) is 3.13. The number of rotatable bonds is 4. The number of para-hydroxylation sites is 1. The van der Waals surface area contributed by atoms with Crippen molar-refractivity contribution in [2.75, 3.05) is 11.4 Å². The molecule has 0 saturated heterocycles. The number of carbonyl (C=O) groups excluding carboxylic acids is 1. The molecule has 6 nitrogen and oxygen atoms in total. The summed E-state index contributed by atoms with van der Waals surface area (Å²) in [6.45, 7) is 5.16. The summed E-state index contributed by atoms with van der Waals surface area (Å²) in [7, 11) is 0. The van der Waals surface area contributed by atoms with E-state index in [-0.39, 0.29) is 11.8 Å². The number of amides is 1. The highest BCUT2D eigenvalue weighted by molar-refractivity contribution is 5.83. The SMILES string of the molecule is Cc1cc(N2CCn3nc(CNC(=O)C4CCC4)cc3C2)nc2ccccc12. The Bertz CT molecular complexity index is 1040. The second kappa shape index (κ2) is 6.93. The van der Waals surface area contributed by atoms with Crippen LogP contribution in [0.25, 0.3) is 10.9 Å². The molecule has 6 heteroatoms. The van der Waals surface area contributed by atoms with E-state index in [1.807, 2.05) is 6.07 Å². The van der Waals surface area contributed by atoms with E-state index in [1.54, 1.807) is 0 Å². The Morgan fingerprint density at radius 3 is 2.89 bits per heavy atom. The Morgan fingerprint density at radius 1 is 1.21 bits per heavy atom. The van der Waals surface area contributed by atoms with Crippen LogP contribution in [-0.2, 0) is 24.4 Å². The van der Waals surface area contributed by atoms with Gasteiger partial charge in [-0.25, -0.2) is 4.98 Å². The van der Waals surface area contributed by atoms with Crippen molar-refractivity contribution in [2.45, 2.75) is 45.8 Å². The van der Waals surface area contributed by atoms with Crippen molar-refractivity contribution in [3.8, 4) is 0 Å². The average molecular weight is 375 g/mol. The Balaban J connectivity index is 1.31. The first kappa shape index (κ1) is 17.2. The second-order valence-corrected chi connectivity index (χ2v) is 7.93. The molecule has 1 N–H and O–H groups in total. The lowest BCUT2D eigenvalue weighted by Gasteiger charge is -2.29. The third-order valence-corrected chi connectivity index (χ3v) is 6.00. The minimum absolute atomic E-state index is 0.176. The first-order chi connectivity index (χ1) is 13.7. The highest BCUT2D eigenvalue weighted by Gasteiger charge is 2.25. The smallest absolute Gasteiger partial charge is 0.223 e. The van der Waals surface area contributed by atoms with Gasteiger partial charge in [0, 0.05) is 17.8 Å². The number of hydrogen-bond acceptors (Lipinski definition) is 4. The van der Waals surface area contributed by atoms with E-state index in [0.29, 0.717) is 6.54 Å². The molecule has 2 aliphatic rings. The first-order valence-electron chi connectivity index (χ1n) is 10.1.